The highest BCUT2D eigenvalue weighted by Crippen LogP contribution is 2.29. The van der Waals surface area contributed by atoms with Crippen LogP contribution in [0.3, 0.4) is 0 Å². The molecule has 2 nitrogen and oxygen atoms in total. The molecule has 18 heavy (non-hydrogen) atoms. The lowest BCUT2D eigenvalue weighted by Crippen LogP contribution is -2.35. The molecule has 0 aliphatic carbocycles. The third kappa shape index (κ3) is 5.63. The van der Waals surface area contributed by atoms with Gasteiger partial charge in [0.25, 0.3) is 0 Å². The monoisotopic (exact) mass is 331 g/mol. The van der Waals surface area contributed by atoms with Gasteiger partial charge in [-0.2, -0.15) is 11.8 Å². The molecule has 0 atom stereocenters. The summed E-state index contributed by atoms with van der Waals surface area (Å²) < 4.78 is 6.89. The maximum absolute atomic E-state index is 5.87. The first-order chi connectivity index (χ1) is 8.44. The molecule has 0 heterocycles. The summed E-state index contributed by atoms with van der Waals surface area (Å²) in [7, 11) is 0. The van der Waals surface area contributed by atoms with Crippen LogP contribution >= 0.6 is 27.7 Å². The Kier molecular flexibility index (Phi) is 6.53. The number of benzene rings is 1. The van der Waals surface area contributed by atoms with E-state index < -0.39 is 0 Å². The largest absolute Gasteiger partial charge is 0.491 e. The minimum Gasteiger partial charge on any atom is -0.491 e. The molecule has 0 fully saturated rings. The minimum atomic E-state index is 0.110. The fraction of sp³-hybridized carbons (Fsp3) is 0.571. The number of hydrogen-bond acceptors (Lipinski definition) is 3. The van der Waals surface area contributed by atoms with E-state index in [1.165, 1.54) is 5.56 Å². The molecule has 0 saturated heterocycles. The van der Waals surface area contributed by atoms with E-state index in [-0.39, 0.29) is 5.54 Å². The van der Waals surface area contributed by atoms with E-state index in [0.29, 0.717) is 0 Å². The third-order valence-corrected chi connectivity index (χ3v) is 3.59. The van der Waals surface area contributed by atoms with Gasteiger partial charge >= 0.3 is 0 Å². The Morgan fingerprint density at radius 2 is 2.06 bits per heavy atom. The summed E-state index contributed by atoms with van der Waals surface area (Å²) in [5.41, 5.74) is 1.30. The zero-order valence-electron chi connectivity index (χ0n) is 11.5. The second-order valence-corrected chi connectivity index (χ2v) is 7.01. The lowest BCUT2D eigenvalue weighted by atomic mass is 10.1. The minimum absolute atomic E-state index is 0.110. The van der Waals surface area contributed by atoms with Crippen LogP contribution in [0.2, 0.25) is 0 Å². The third-order valence-electron chi connectivity index (χ3n) is 2.39. The lowest BCUT2D eigenvalue weighted by Gasteiger charge is -2.22. The van der Waals surface area contributed by atoms with Crippen molar-refractivity contribution in [3.8, 4) is 5.75 Å². The molecule has 1 rings (SSSR count). The van der Waals surface area contributed by atoms with Crippen LogP contribution in [0.1, 0.15) is 26.3 Å². The summed E-state index contributed by atoms with van der Waals surface area (Å²) in [6, 6.07) is 6.18. The van der Waals surface area contributed by atoms with Gasteiger partial charge in [0.2, 0.25) is 0 Å². The lowest BCUT2D eigenvalue weighted by molar-refractivity contribution is 0.333. The van der Waals surface area contributed by atoms with Gasteiger partial charge < -0.3 is 10.1 Å². The van der Waals surface area contributed by atoms with Crippen molar-refractivity contribution in [2.24, 2.45) is 0 Å². The highest BCUT2D eigenvalue weighted by atomic mass is 79.9. The van der Waals surface area contributed by atoms with Gasteiger partial charge in [-0.3, -0.25) is 0 Å². The van der Waals surface area contributed by atoms with E-state index in [4.69, 9.17) is 4.74 Å². The summed E-state index contributed by atoms with van der Waals surface area (Å²) in [4.78, 5) is 0. The zero-order chi connectivity index (χ0) is 13.6. The van der Waals surface area contributed by atoms with E-state index in [1.54, 1.807) is 11.8 Å². The van der Waals surface area contributed by atoms with Crippen LogP contribution in [0.25, 0.3) is 0 Å². The van der Waals surface area contributed by atoms with Crippen molar-refractivity contribution >= 4 is 27.7 Å². The Morgan fingerprint density at radius 3 is 2.67 bits per heavy atom. The highest BCUT2D eigenvalue weighted by Gasteiger charge is 2.12. The Hall–Kier alpha value is -0.190. The molecule has 0 bridgehead atoms. The number of halogens is 1. The van der Waals surface area contributed by atoms with Crippen molar-refractivity contribution in [3.63, 3.8) is 0 Å². The van der Waals surface area contributed by atoms with Gasteiger partial charge in [-0.05, 0) is 49.0 Å². The number of para-hydroxylation sites is 1. The van der Waals surface area contributed by atoms with E-state index >= 15 is 0 Å². The predicted molar refractivity (Wildman–Crippen MR) is 84.6 cm³/mol. The van der Waals surface area contributed by atoms with E-state index in [1.807, 2.05) is 12.1 Å². The van der Waals surface area contributed by atoms with Gasteiger partial charge in [-0.1, -0.05) is 12.1 Å². The van der Waals surface area contributed by atoms with Crippen LogP contribution in [0.4, 0.5) is 0 Å². The average molecular weight is 332 g/mol. The molecule has 1 N–H and O–H groups in total. The first kappa shape index (κ1) is 15.9. The van der Waals surface area contributed by atoms with Gasteiger partial charge in [0.1, 0.15) is 5.75 Å². The molecule has 0 aliphatic heterocycles. The first-order valence-electron chi connectivity index (χ1n) is 6.08. The number of hydrogen-bond donors (Lipinski definition) is 1. The molecule has 1 aromatic rings. The van der Waals surface area contributed by atoms with Gasteiger partial charge in [0, 0.05) is 23.4 Å². The van der Waals surface area contributed by atoms with Crippen molar-refractivity contribution < 1.29 is 4.74 Å². The molecular weight excluding hydrogens is 310 g/mol. The maximum atomic E-state index is 5.87. The summed E-state index contributed by atoms with van der Waals surface area (Å²) in [6.07, 6.45) is 2.09. The van der Waals surface area contributed by atoms with Crippen molar-refractivity contribution in [1.29, 1.82) is 0 Å². The van der Waals surface area contributed by atoms with E-state index in [0.717, 1.165) is 29.1 Å². The summed E-state index contributed by atoms with van der Waals surface area (Å²) in [5, 5.41) is 3.49. The smallest absolute Gasteiger partial charge is 0.137 e. The predicted octanol–water partition coefficient (Wildman–Crippen LogP) is 4.08. The molecule has 0 radical (unpaired) electrons. The second-order valence-electron chi connectivity index (χ2n) is 5.17. The van der Waals surface area contributed by atoms with Crippen LogP contribution in [-0.4, -0.2) is 24.2 Å². The standard InChI is InChI=1S/C14H22BrNOS/c1-14(2,3)16-10-11-6-5-7-12(15)13(11)17-8-9-18-4/h5-7,16H,8-10H2,1-4H3. The Labute approximate surface area is 123 Å². The van der Waals surface area contributed by atoms with Crippen molar-refractivity contribution in [2.45, 2.75) is 32.9 Å². The zero-order valence-corrected chi connectivity index (χ0v) is 14.0. The number of ether oxygens (including phenoxy) is 1. The number of thioether (sulfide) groups is 1. The van der Waals surface area contributed by atoms with Crippen molar-refractivity contribution in [1.82, 2.24) is 5.32 Å². The molecule has 102 valence electrons. The van der Waals surface area contributed by atoms with Gasteiger partial charge in [-0.25, -0.2) is 0 Å². The Morgan fingerprint density at radius 1 is 1.33 bits per heavy atom. The van der Waals surface area contributed by atoms with E-state index in [9.17, 15) is 0 Å². The molecule has 4 heteroatoms. The fourth-order valence-electron chi connectivity index (χ4n) is 1.44. The maximum Gasteiger partial charge on any atom is 0.137 e. The summed E-state index contributed by atoms with van der Waals surface area (Å²) in [6.45, 7) is 8.06. The SMILES string of the molecule is CSCCOc1c(Br)cccc1CNC(C)(C)C. The molecule has 0 saturated carbocycles. The van der Waals surface area contributed by atoms with Gasteiger partial charge in [0.15, 0.2) is 0 Å². The van der Waals surface area contributed by atoms with Crippen molar-refractivity contribution in [2.75, 3.05) is 18.6 Å². The summed E-state index contributed by atoms with van der Waals surface area (Å²) >= 11 is 5.35. The number of rotatable bonds is 6. The fourth-order valence-corrected chi connectivity index (χ4v) is 2.21. The quantitative estimate of drug-likeness (QED) is 0.793. The Balaban J connectivity index is 2.73. The molecular formula is C14H22BrNOS. The summed E-state index contributed by atoms with van der Waals surface area (Å²) in [5.74, 6) is 1.97. The second kappa shape index (κ2) is 7.41. The Bertz CT molecular complexity index is 377. The van der Waals surface area contributed by atoms with E-state index in [2.05, 4.69) is 54.3 Å². The number of nitrogens with one attached hydrogen (secondary N) is 1. The van der Waals surface area contributed by atoms with Crippen molar-refractivity contribution in [3.05, 3.63) is 28.2 Å². The van der Waals surface area contributed by atoms with Crippen LogP contribution in [0, 0.1) is 0 Å². The normalized spacial score (nSPS) is 11.6. The molecule has 0 amide bonds. The average Bonchev–Trinajstić information content (AvgIpc) is 2.28. The molecule has 0 aromatic heterocycles. The molecule has 0 aliphatic rings. The van der Waals surface area contributed by atoms with Crippen LogP contribution < -0.4 is 10.1 Å². The van der Waals surface area contributed by atoms with Gasteiger partial charge in [0.05, 0.1) is 11.1 Å². The topological polar surface area (TPSA) is 21.3 Å². The molecule has 0 unspecified atom stereocenters. The van der Waals surface area contributed by atoms with Crippen LogP contribution in [0.5, 0.6) is 5.75 Å². The molecule has 0 spiro atoms. The highest BCUT2D eigenvalue weighted by molar-refractivity contribution is 9.10. The molecule has 1 aromatic carbocycles. The first-order valence-corrected chi connectivity index (χ1v) is 8.27. The van der Waals surface area contributed by atoms with Crippen LogP contribution in [-0.2, 0) is 6.54 Å². The van der Waals surface area contributed by atoms with Gasteiger partial charge in [-0.15, -0.1) is 0 Å². The van der Waals surface area contributed by atoms with Crippen LogP contribution in [0.15, 0.2) is 22.7 Å².